The van der Waals surface area contributed by atoms with Gasteiger partial charge in [0.15, 0.2) is 0 Å². The second-order valence-corrected chi connectivity index (χ2v) is 4.01. The average molecular weight is 199 g/mol. The molecule has 0 aromatic heterocycles. The van der Waals surface area contributed by atoms with Crippen molar-refractivity contribution in [1.29, 1.82) is 0 Å². The number of carbonyl (C=O) groups is 1. The smallest absolute Gasteiger partial charge is 0.216 e. The quantitative estimate of drug-likeness (QED) is 0.395. The van der Waals surface area contributed by atoms with Crippen molar-refractivity contribution in [2.45, 2.75) is 45.1 Å². The highest BCUT2D eigenvalue weighted by Crippen LogP contribution is 2.33. The Balaban J connectivity index is 2.70. The predicted octanol–water partition coefficient (Wildman–Crippen LogP) is 2.05. The van der Waals surface area contributed by atoms with Gasteiger partial charge < -0.3 is 4.79 Å². The van der Waals surface area contributed by atoms with Gasteiger partial charge in [-0.25, -0.2) is 0 Å². The largest absolute Gasteiger partial charge is 0.303 e. The minimum absolute atomic E-state index is 0.0266. The van der Waals surface area contributed by atoms with E-state index in [1.165, 1.54) is 0 Å². The van der Waals surface area contributed by atoms with Crippen molar-refractivity contribution in [3.63, 3.8) is 0 Å². The first kappa shape index (κ1) is 11.1. The van der Waals surface area contributed by atoms with Crippen LogP contribution in [0.3, 0.4) is 0 Å². The molecule has 1 rings (SSSR count). The van der Waals surface area contributed by atoms with Crippen LogP contribution in [0.5, 0.6) is 0 Å². The van der Waals surface area contributed by atoms with Gasteiger partial charge in [0, 0.05) is 23.2 Å². The SMILES string of the molecule is CCC([C@@H]1CCCC[C@@H]1C=O)[N+](=O)[O-]. The lowest BCUT2D eigenvalue weighted by Gasteiger charge is -2.29. The van der Waals surface area contributed by atoms with Crippen LogP contribution in [0, 0.1) is 22.0 Å². The Hall–Kier alpha value is -0.930. The van der Waals surface area contributed by atoms with E-state index in [4.69, 9.17) is 0 Å². The predicted molar refractivity (Wildman–Crippen MR) is 52.6 cm³/mol. The molecule has 0 aromatic carbocycles. The minimum Gasteiger partial charge on any atom is -0.303 e. The first-order valence-electron chi connectivity index (χ1n) is 5.29. The molecule has 14 heavy (non-hydrogen) atoms. The standard InChI is InChI=1S/C10H17NO3/c1-2-10(11(13)14)9-6-4-3-5-8(9)7-12/h7-10H,2-6H2,1H3/t8-,9-,10?/m1/s1. The van der Waals surface area contributed by atoms with Crippen LogP contribution in [-0.2, 0) is 4.79 Å². The molecule has 0 heterocycles. The van der Waals surface area contributed by atoms with Crippen molar-refractivity contribution >= 4 is 6.29 Å². The van der Waals surface area contributed by atoms with E-state index < -0.39 is 6.04 Å². The summed E-state index contributed by atoms with van der Waals surface area (Å²) in [7, 11) is 0. The van der Waals surface area contributed by atoms with Crippen LogP contribution in [0.1, 0.15) is 39.0 Å². The van der Waals surface area contributed by atoms with Gasteiger partial charge in [0.1, 0.15) is 6.29 Å². The molecule has 4 heteroatoms. The monoisotopic (exact) mass is 199 g/mol. The van der Waals surface area contributed by atoms with Crippen LogP contribution in [0.25, 0.3) is 0 Å². The maximum absolute atomic E-state index is 10.8. The molecule has 0 radical (unpaired) electrons. The molecule has 0 amide bonds. The molecule has 4 nitrogen and oxygen atoms in total. The van der Waals surface area contributed by atoms with Crippen molar-refractivity contribution in [3.8, 4) is 0 Å². The van der Waals surface area contributed by atoms with Crippen LogP contribution in [0.15, 0.2) is 0 Å². The van der Waals surface area contributed by atoms with Gasteiger partial charge in [-0.1, -0.05) is 19.8 Å². The molecule has 0 N–H and O–H groups in total. The summed E-state index contributed by atoms with van der Waals surface area (Å²) >= 11 is 0. The Morgan fingerprint density at radius 3 is 2.64 bits per heavy atom. The molecule has 0 aromatic rings. The first-order chi connectivity index (χ1) is 6.70. The van der Waals surface area contributed by atoms with E-state index in [-0.39, 0.29) is 16.8 Å². The van der Waals surface area contributed by atoms with Crippen LogP contribution in [0.4, 0.5) is 0 Å². The van der Waals surface area contributed by atoms with Crippen molar-refractivity contribution < 1.29 is 9.72 Å². The van der Waals surface area contributed by atoms with Gasteiger partial charge >= 0.3 is 0 Å². The lowest BCUT2D eigenvalue weighted by molar-refractivity contribution is -0.534. The minimum atomic E-state index is -0.523. The molecule has 1 aliphatic carbocycles. The Bertz CT molecular complexity index is 217. The van der Waals surface area contributed by atoms with E-state index in [1.807, 2.05) is 6.92 Å². The van der Waals surface area contributed by atoms with E-state index in [9.17, 15) is 14.9 Å². The molecule has 1 fully saturated rings. The van der Waals surface area contributed by atoms with E-state index >= 15 is 0 Å². The van der Waals surface area contributed by atoms with Gasteiger partial charge in [0.2, 0.25) is 6.04 Å². The second-order valence-electron chi connectivity index (χ2n) is 4.01. The summed E-state index contributed by atoms with van der Waals surface area (Å²) < 4.78 is 0. The number of hydrogen-bond donors (Lipinski definition) is 0. The van der Waals surface area contributed by atoms with Gasteiger partial charge in [-0.2, -0.15) is 0 Å². The Morgan fingerprint density at radius 1 is 1.50 bits per heavy atom. The molecular weight excluding hydrogens is 182 g/mol. The third kappa shape index (κ3) is 2.30. The van der Waals surface area contributed by atoms with Gasteiger partial charge in [-0.15, -0.1) is 0 Å². The number of rotatable bonds is 4. The van der Waals surface area contributed by atoms with Gasteiger partial charge in [0.25, 0.3) is 0 Å². The van der Waals surface area contributed by atoms with Gasteiger partial charge in [-0.3, -0.25) is 10.1 Å². The Morgan fingerprint density at radius 2 is 2.14 bits per heavy atom. The molecule has 0 saturated heterocycles. The summed E-state index contributed by atoms with van der Waals surface area (Å²) in [5.41, 5.74) is 0. The van der Waals surface area contributed by atoms with Crippen LogP contribution >= 0.6 is 0 Å². The highest BCUT2D eigenvalue weighted by molar-refractivity contribution is 5.54. The van der Waals surface area contributed by atoms with Gasteiger partial charge in [0.05, 0.1) is 0 Å². The summed E-state index contributed by atoms with van der Waals surface area (Å²) in [6.07, 6.45) is 5.17. The van der Waals surface area contributed by atoms with Crippen LogP contribution in [-0.4, -0.2) is 17.3 Å². The lowest BCUT2D eigenvalue weighted by atomic mass is 9.75. The fourth-order valence-electron chi connectivity index (χ4n) is 2.44. The fourth-order valence-corrected chi connectivity index (χ4v) is 2.44. The summed E-state index contributed by atoms with van der Waals surface area (Å²) in [6.45, 7) is 1.82. The third-order valence-corrected chi connectivity index (χ3v) is 3.23. The highest BCUT2D eigenvalue weighted by atomic mass is 16.6. The third-order valence-electron chi connectivity index (χ3n) is 3.23. The summed E-state index contributed by atoms with van der Waals surface area (Å²) in [4.78, 5) is 21.4. The molecule has 0 spiro atoms. The first-order valence-corrected chi connectivity index (χ1v) is 5.29. The maximum Gasteiger partial charge on any atom is 0.216 e. The zero-order chi connectivity index (χ0) is 10.6. The average Bonchev–Trinajstić information content (AvgIpc) is 2.19. The molecule has 1 aliphatic rings. The zero-order valence-corrected chi connectivity index (χ0v) is 8.52. The molecule has 3 atom stereocenters. The lowest BCUT2D eigenvalue weighted by Crippen LogP contribution is -2.36. The molecule has 1 saturated carbocycles. The van der Waals surface area contributed by atoms with E-state index in [2.05, 4.69) is 0 Å². The van der Waals surface area contributed by atoms with E-state index in [0.29, 0.717) is 6.42 Å². The second kappa shape index (κ2) is 5.08. The molecular formula is C10H17NO3. The molecule has 0 aliphatic heterocycles. The topological polar surface area (TPSA) is 60.2 Å². The molecule has 0 bridgehead atoms. The molecule has 80 valence electrons. The number of nitro groups is 1. The van der Waals surface area contributed by atoms with Crippen molar-refractivity contribution in [3.05, 3.63) is 10.1 Å². The summed E-state index contributed by atoms with van der Waals surface area (Å²) in [5, 5.41) is 10.8. The van der Waals surface area contributed by atoms with Crippen molar-refractivity contribution in [2.75, 3.05) is 0 Å². The van der Waals surface area contributed by atoms with Crippen molar-refractivity contribution in [1.82, 2.24) is 0 Å². The highest BCUT2D eigenvalue weighted by Gasteiger charge is 2.37. The molecule has 1 unspecified atom stereocenters. The summed E-state index contributed by atoms with van der Waals surface area (Å²) in [6, 6.07) is -0.523. The van der Waals surface area contributed by atoms with Gasteiger partial charge in [-0.05, 0) is 12.8 Å². The Kier molecular flexibility index (Phi) is 4.04. The van der Waals surface area contributed by atoms with Crippen LogP contribution < -0.4 is 0 Å². The zero-order valence-electron chi connectivity index (χ0n) is 8.52. The Labute approximate surface area is 83.8 Å². The van der Waals surface area contributed by atoms with E-state index in [1.54, 1.807) is 0 Å². The number of hydrogen-bond acceptors (Lipinski definition) is 3. The van der Waals surface area contributed by atoms with E-state index in [0.717, 1.165) is 32.0 Å². The van der Waals surface area contributed by atoms with Crippen LogP contribution in [0.2, 0.25) is 0 Å². The summed E-state index contributed by atoms with van der Waals surface area (Å²) in [5.74, 6) is -0.111. The fraction of sp³-hybridized carbons (Fsp3) is 0.900. The number of carbonyl (C=O) groups excluding carboxylic acids is 1. The number of aldehydes is 1. The van der Waals surface area contributed by atoms with Crippen molar-refractivity contribution in [2.24, 2.45) is 11.8 Å². The number of nitrogens with zero attached hydrogens (tertiary/aromatic N) is 1. The normalized spacial score (nSPS) is 29.5. The maximum atomic E-state index is 10.8.